The van der Waals surface area contributed by atoms with Gasteiger partial charge in [-0.05, 0) is 18.4 Å². The first kappa shape index (κ1) is 19.5. The van der Waals surface area contributed by atoms with Gasteiger partial charge in [0.05, 0.1) is 6.61 Å². The van der Waals surface area contributed by atoms with Crippen molar-refractivity contribution in [3.8, 4) is 5.75 Å². The Kier molecular flexibility index (Phi) is 7.47. The van der Waals surface area contributed by atoms with Gasteiger partial charge in [-0.15, -0.1) is 12.4 Å². The lowest BCUT2D eigenvalue weighted by molar-refractivity contribution is 0.307. The maximum absolute atomic E-state index is 14.3. The first-order valence-electron chi connectivity index (χ1n) is 8.35. The average molecular weight is 369 g/mol. The molecule has 1 heterocycles. The second kappa shape index (κ2) is 9.59. The monoisotopic (exact) mass is 368 g/mol. The highest BCUT2D eigenvalue weighted by atomic mass is 35.5. The topological polar surface area (TPSA) is 24.5 Å². The molecule has 3 rings (SSSR count). The lowest BCUT2D eigenvalue weighted by Gasteiger charge is -2.30. The molecule has 2 aromatic carbocycles. The van der Waals surface area contributed by atoms with Crippen LogP contribution in [-0.2, 0) is 6.42 Å². The number of benzene rings is 2. The summed E-state index contributed by atoms with van der Waals surface area (Å²) >= 11 is 0. The van der Waals surface area contributed by atoms with Crippen LogP contribution in [0.3, 0.4) is 0 Å². The van der Waals surface area contributed by atoms with Crippen molar-refractivity contribution in [1.29, 1.82) is 0 Å². The third-order valence-corrected chi connectivity index (χ3v) is 4.14. The van der Waals surface area contributed by atoms with Crippen LogP contribution in [0.15, 0.2) is 42.5 Å². The number of aryl methyl sites for hydroxylation is 1. The number of rotatable bonds is 6. The Labute approximate surface area is 153 Å². The Balaban J connectivity index is 0.00000225. The van der Waals surface area contributed by atoms with Crippen molar-refractivity contribution < 1.29 is 13.5 Å². The summed E-state index contributed by atoms with van der Waals surface area (Å²) in [5.41, 5.74) is 1.28. The van der Waals surface area contributed by atoms with E-state index in [9.17, 15) is 8.78 Å². The summed E-state index contributed by atoms with van der Waals surface area (Å²) in [6.07, 6.45) is 1.68. The molecule has 0 aliphatic carbocycles. The minimum Gasteiger partial charge on any atom is -0.493 e. The van der Waals surface area contributed by atoms with E-state index in [1.807, 2.05) is 18.2 Å². The molecule has 0 bridgehead atoms. The van der Waals surface area contributed by atoms with Gasteiger partial charge in [0, 0.05) is 38.3 Å². The first-order chi connectivity index (χ1) is 11.7. The summed E-state index contributed by atoms with van der Waals surface area (Å²) in [6, 6.07) is 12.6. The Morgan fingerprint density at radius 2 is 1.64 bits per heavy atom. The Hall–Kier alpha value is -1.85. The zero-order valence-corrected chi connectivity index (χ0v) is 14.8. The largest absolute Gasteiger partial charge is 0.493 e. The Morgan fingerprint density at radius 3 is 2.28 bits per heavy atom. The van der Waals surface area contributed by atoms with E-state index >= 15 is 0 Å². The van der Waals surface area contributed by atoms with Crippen LogP contribution in [-0.4, -0.2) is 32.8 Å². The summed E-state index contributed by atoms with van der Waals surface area (Å²) in [4.78, 5) is 1.74. The molecule has 0 spiro atoms. The number of halogens is 3. The van der Waals surface area contributed by atoms with E-state index in [1.165, 1.54) is 17.7 Å². The van der Waals surface area contributed by atoms with E-state index in [0.717, 1.165) is 25.9 Å². The van der Waals surface area contributed by atoms with Crippen molar-refractivity contribution in [2.24, 2.45) is 0 Å². The number of nitrogens with one attached hydrogen (secondary N) is 1. The third-order valence-electron chi connectivity index (χ3n) is 4.14. The molecule has 3 nitrogen and oxygen atoms in total. The van der Waals surface area contributed by atoms with Gasteiger partial charge in [0.25, 0.3) is 0 Å². The van der Waals surface area contributed by atoms with E-state index in [4.69, 9.17) is 4.74 Å². The lowest BCUT2D eigenvalue weighted by atomic mass is 10.1. The molecule has 1 N–H and O–H groups in total. The van der Waals surface area contributed by atoms with Crippen molar-refractivity contribution in [3.63, 3.8) is 0 Å². The van der Waals surface area contributed by atoms with Gasteiger partial charge in [0.2, 0.25) is 0 Å². The van der Waals surface area contributed by atoms with Crippen LogP contribution < -0.4 is 15.0 Å². The van der Waals surface area contributed by atoms with E-state index in [2.05, 4.69) is 17.4 Å². The van der Waals surface area contributed by atoms with Crippen LogP contribution in [0.2, 0.25) is 0 Å². The molecule has 25 heavy (non-hydrogen) atoms. The third kappa shape index (κ3) is 5.31. The molecule has 1 aliphatic heterocycles. The predicted octanol–water partition coefficient (Wildman–Crippen LogP) is 3.81. The number of nitrogens with zero attached hydrogens (tertiary/aromatic N) is 1. The zero-order chi connectivity index (χ0) is 16.8. The van der Waals surface area contributed by atoms with Gasteiger partial charge in [0.1, 0.15) is 11.4 Å². The standard InChI is InChI=1S/C19H22F2N2O.ClH/c20-17-13-16(24-12-4-7-15-5-2-1-3-6-15)14-18(21)19(17)23-10-8-22-9-11-23;/h1-3,5-6,13-14,22H,4,7-12H2;1H. The van der Waals surface area contributed by atoms with Crippen molar-refractivity contribution in [2.45, 2.75) is 12.8 Å². The van der Waals surface area contributed by atoms with Gasteiger partial charge in [-0.3, -0.25) is 0 Å². The van der Waals surface area contributed by atoms with E-state index in [1.54, 1.807) is 4.90 Å². The van der Waals surface area contributed by atoms with Crippen LogP contribution in [0.5, 0.6) is 5.75 Å². The van der Waals surface area contributed by atoms with Crippen LogP contribution in [0.25, 0.3) is 0 Å². The first-order valence-corrected chi connectivity index (χ1v) is 8.35. The van der Waals surface area contributed by atoms with Gasteiger partial charge in [-0.1, -0.05) is 30.3 Å². The fourth-order valence-electron chi connectivity index (χ4n) is 2.93. The Bertz CT molecular complexity index is 641. The fraction of sp³-hybridized carbons (Fsp3) is 0.368. The summed E-state index contributed by atoms with van der Waals surface area (Å²) < 4.78 is 34.1. The molecule has 0 saturated carbocycles. The molecule has 0 aromatic heterocycles. The number of piperazine rings is 1. The quantitative estimate of drug-likeness (QED) is 0.785. The molecule has 2 aromatic rings. The van der Waals surface area contributed by atoms with Crippen molar-refractivity contribution >= 4 is 18.1 Å². The van der Waals surface area contributed by atoms with Gasteiger partial charge < -0.3 is 15.0 Å². The number of hydrogen-bond donors (Lipinski definition) is 1. The summed E-state index contributed by atoms with van der Waals surface area (Å²) in [7, 11) is 0. The Morgan fingerprint density at radius 1 is 1.00 bits per heavy atom. The maximum atomic E-state index is 14.3. The number of ether oxygens (including phenoxy) is 1. The minimum absolute atomic E-state index is 0. The molecule has 0 radical (unpaired) electrons. The molecule has 0 amide bonds. The fourth-order valence-corrected chi connectivity index (χ4v) is 2.93. The van der Waals surface area contributed by atoms with E-state index < -0.39 is 11.6 Å². The maximum Gasteiger partial charge on any atom is 0.153 e. The molecule has 0 unspecified atom stereocenters. The van der Waals surface area contributed by atoms with Crippen LogP contribution in [0, 0.1) is 11.6 Å². The summed E-state index contributed by atoms with van der Waals surface area (Å²) in [6.45, 7) is 3.10. The molecule has 1 aliphatic rings. The highest BCUT2D eigenvalue weighted by Crippen LogP contribution is 2.28. The molecular weight excluding hydrogens is 346 g/mol. The predicted molar refractivity (Wildman–Crippen MR) is 98.9 cm³/mol. The van der Waals surface area contributed by atoms with Crippen molar-refractivity contribution in [1.82, 2.24) is 5.32 Å². The van der Waals surface area contributed by atoms with E-state index in [0.29, 0.717) is 19.7 Å². The van der Waals surface area contributed by atoms with Gasteiger partial charge >= 0.3 is 0 Å². The summed E-state index contributed by atoms with van der Waals surface area (Å²) in [5.74, 6) is -0.873. The highest BCUT2D eigenvalue weighted by molar-refractivity contribution is 5.85. The van der Waals surface area contributed by atoms with Gasteiger partial charge in [-0.25, -0.2) is 8.78 Å². The number of hydrogen-bond acceptors (Lipinski definition) is 3. The molecule has 1 saturated heterocycles. The molecule has 0 atom stereocenters. The molecular formula is C19H23ClF2N2O. The van der Waals surface area contributed by atoms with Gasteiger partial charge in [0.15, 0.2) is 11.6 Å². The summed E-state index contributed by atoms with van der Waals surface area (Å²) in [5, 5.41) is 3.17. The van der Waals surface area contributed by atoms with E-state index in [-0.39, 0.29) is 23.8 Å². The highest BCUT2D eigenvalue weighted by Gasteiger charge is 2.20. The second-order valence-corrected chi connectivity index (χ2v) is 5.91. The molecule has 1 fully saturated rings. The smallest absolute Gasteiger partial charge is 0.153 e. The zero-order valence-electron chi connectivity index (χ0n) is 14.0. The van der Waals surface area contributed by atoms with Crippen molar-refractivity contribution in [2.75, 3.05) is 37.7 Å². The number of anilines is 1. The van der Waals surface area contributed by atoms with Crippen LogP contribution in [0.1, 0.15) is 12.0 Å². The molecule has 136 valence electrons. The molecule has 6 heteroatoms. The minimum atomic E-state index is -0.560. The average Bonchev–Trinajstić information content (AvgIpc) is 2.60. The SMILES string of the molecule is Cl.Fc1cc(OCCCc2ccccc2)cc(F)c1N1CCNCC1. The van der Waals surface area contributed by atoms with Crippen LogP contribution in [0.4, 0.5) is 14.5 Å². The van der Waals surface area contributed by atoms with Crippen LogP contribution >= 0.6 is 12.4 Å². The van der Waals surface area contributed by atoms with Gasteiger partial charge in [-0.2, -0.15) is 0 Å². The second-order valence-electron chi connectivity index (χ2n) is 5.91. The van der Waals surface area contributed by atoms with Crippen molar-refractivity contribution in [3.05, 3.63) is 59.7 Å². The lowest BCUT2D eigenvalue weighted by Crippen LogP contribution is -2.44. The normalized spacial score (nSPS) is 14.1.